The molecule has 2 aromatic heterocycles. The van der Waals surface area contributed by atoms with Crippen LogP contribution in [0.2, 0.25) is 0 Å². The summed E-state index contributed by atoms with van der Waals surface area (Å²) in [5.74, 6) is -0.673. The van der Waals surface area contributed by atoms with E-state index in [2.05, 4.69) is 20.3 Å². The Balaban J connectivity index is 1.71. The first-order valence-corrected chi connectivity index (χ1v) is 8.93. The van der Waals surface area contributed by atoms with E-state index in [0.717, 1.165) is 28.9 Å². The van der Waals surface area contributed by atoms with Crippen molar-refractivity contribution in [2.45, 2.75) is 18.9 Å². The average Bonchev–Trinajstić information content (AvgIpc) is 3.14. The fraction of sp³-hybridized carbons (Fsp3) is 0.200. The van der Waals surface area contributed by atoms with E-state index < -0.39 is 12.0 Å². The number of hydrogen-bond acceptors (Lipinski definition) is 5. The van der Waals surface area contributed by atoms with Gasteiger partial charge in [0.25, 0.3) is 5.91 Å². The lowest BCUT2D eigenvalue weighted by atomic mass is 10.00. The highest BCUT2D eigenvalue weighted by atomic mass is 16.4. The number of amides is 1. The number of aliphatic carboxylic acids is 1. The molecule has 3 aromatic rings. The van der Waals surface area contributed by atoms with Gasteiger partial charge in [-0.25, -0.2) is 9.97 Å². The van der Waals surface area contributed by atoms with Crippen LogP contribution in [0.15, 0.2) is 42.6 Å². The maximum atomic E-state index is 12.0. The Kier molecular flexibility index (Phi) is 4.62. The van der Waals surface area contributed by atoms with E-state index in [1.54, 1.807) is 18.3 Å². The van der Waals surface area contributed by atoms with Crippen LogP contribution in [0.25, 0.3) is 22.8 Å². The minimum absolute atomic E-state index is 0.0916. The lowest BCUT2D eigenvalue weighted by molar-refractivity contribution is -0.138. The summed E-state index contributed by atoms with van der Waals surface area (Å²) in [6, 6.07) is 9.90. The molecule has 8 nitrogen and oxygen atoms in total. The van der Waals surface area contributed by atoms with Gasteiger partial charge in [0, 0.05) is 30.4 Å². The average molecular weight is 377 g/mol. The van der Waals surface area contributed by atoms with E-state index in [9.17, 15) is 9.59 Å². The van der Waals surface area contributed by atoms with Crippen molar-refractivity contribution in [3.05, 3.63) is 59.4 Å². The van der Waals surface area contributed by atoms with E-state index in [1.807, 2.05) is 24.3 Å². The summed E-state index contributed by atoms with van der Waals surface area (Å²) < 4.78 is 0. The zero-order valence-electron chi connectivity index (χ0n) is 15.0. The van der Waals surface area contributed by atoms with Crippen molar-refractivity contribution in [3.63, 3.8) is 0 Å². The highest BCUT2D eigenvalue weighted by Crippen LogP contribution is 2.26. The number of benzene rings is 1. The molecule has 0 spiro atoms. The Bertz CT molecular complexity index is 1060. The maximum Gasteiger partial charge on any atom is 0.320 e. The molecule has 0 saturated carbocycles. The zero-order chi connectivity index (χ0) is 19.7. The Morgan fingerprint density at radius 2 is 2.07 bits per heavy atom. The van der Waals surface area contributed by atoms with Crippen LogP contribution in [-0.2, 0) is 17.6 Å². The fourth-order valence-corrected chi connectivity index (χ4v) is 3.31. The van der Waals surface area contributed by atoms with Gasteiger partial charge in [0.2, 0.25) is 0 Å². The first-order chi connectivity index (χ1) is 13.5. The van der Waals surface area contributed by atoms with Crippen LogP contribution >= 0.6 is 0 Å². The number of fused-ring (bicyclic) bond motifs is 1. The highest BCUT2D eigenvalue weighted by Gasteiger charge is 2.21. The molecule has 4 rings (SSSR count). The summed E-state index contributed by atoms with van der Waals surface area (Å²) in [5.41, 5.74) is 10.1. The topological polar surface area (TPSA) is 134 Å². The van der Waals surface area contributed by atoms with Crippen LogP contribution in [-0.4, -0.2) is 44.5 Å². The standard InChI is InChI=1S/C20H19N5O3/c21-14(20(27)28)9-11-3-1-2-4-12(11)18-22-7-6-16(25-18)17-10-13-15(24-17)5-8-23-19(13)26/h1-4,6-7,10,14,24H,5,8-9,21H2,(H,23,26)(H,27,28)/t14-/m0/s1. The minimum atomic E-state index is -1.06. The summed E-state index contributed by atoms with van der Waals surface area (Å²) >= 11 is 0. The van der Waals surface area contributed by atoms with E-state index in [-0.39, 0.29) is 12.3 Å². The zero-order valence-corrected chi connectivity index (χ0v) is 15.0. The van der Waals surface area contributed by atoms with Gasteiger partial charge in [0.15, 0.2) is 5.82 Å². The largest absolute Gasteiger partial charge is 0.480 e. The molecule has 1 atom stereocenters. The second-order valence-electron chi connectivity index (χ2n) is 6.65. The molecule has 0 unspecified atom stereocenters. The smallest absolute Gasteiger partial charge is 0.320 e. The Morgan fingerprint density at radius 1 is 1.25 bits per heavy atom. The van der Waals surface area contributed by atoms with Gasteiger partial charge in [-0.3, -0.25) is 9.59 Å². The third-order valence-electron chi connectivity index (χ3n) is 4.75. The van der Waals surface area contributed by atoms with Gasteiger partial charge < -0.3 is 21.1 Å². The third-order valence-corrected chi connectivity index (χ3v) is 4.75. The number of nitrogens with one attached hydrogen (secondary N) is 2. The van der Waals surface area contributed by atoms with E-state index in [1.165, 1.54) is 0 Å². The second-order valence-corrected chi connectivity index (χ2v) is 6.65. The van der Waals surface area contributed by atoms with Crippen molar-refractivity contribution in [2.24, 2.45) is 5.73 Å². The van der Waals surface area contributed by atoms with Gasteiger partial charge in [-0.1, -0.05) is 24.3 Å². The SMILES string of the molecule is N[C@@H](Cc1ccccc1-c1nccc(-c2cc3c([nH]2)CCNC3=O)n1)C(=O)O. The first kappa shape index (κ1) is 17.9. The van der Waals surface area contributed by atoms with Gasteiger partial charge in [0.05, 0.1) is 17.0 Å². The number of aromatic amines is 1. The number of H-pyrrole nitrogens is 1. The minimum Gasteiger partial charge on any atom is -0.480 e. The van der Waals surface area contributed by atoms with Gasteiger partial charge in [-0.05, 0) is 24.1 Å². The molecular formula is C20H19N5O3. The Hall–Kier alpha value is -3.52. The monoisotopic (exact) mass is 377 g/mol. The number of rotatable bonds is 5. The molecule has 1 aliphatic heterocycles. The first-order valence-electron chi connectivity index (χ1n) is 8.93. The summed E-state index contributed by atoms with van der Waals surface area (Å²) in [6.07, 6.45) is 2.57. The normalized spacial score (nSPS) is 14.2. The molecule has 3 heterocycles. The summed E-state index contributed by atoms with van der Waals surface area (Å²) in [7, 11) is 0. The van der Waals surface area contributed by atoms with Crippen molar-refractivity contribution in [3.8, 4) is 22.8 Å². The lowest BCUT2D eigenvalue weighted by Gasteiger charge is -2.11. The van der Waals surface area contributed by atoms with Crippen molar-refractivity contribution >= 4 is 11.9 Å². The fourth-order valence-electron chi connectivity index (χ4n) is 3.31. The maximum absolute atomic E-state index is 12.0. The predicted octanol–water partition coefficient (Wildman–Crippen LogP) is 1.38. The van der Waals surface area contributed by atoms with Crippen LogP contribution in [0.3, 0.4) is 0 Å². The van der Waals surface area contributed by atoms with Gasteiger partial charge in [-0.15, -0.1) is 0 Å². The molecule has 1 aromatic carbocycles. The van der Waals surface area contributed by atoms with Crippen LogP contribution < -0.4 is 11.1 Å². The number of carboxylic acid groups (broad SMARTS) is 1. The number of aromatic nitrogens is 3. The van der Waals surface area contributed by atoms with Crippen molar-refractivity contribution in [2.75, 3.05) is 6.54 Å². The summed E-state index contributed by atoms with van der Waals surface area (Å²) in [5, 5.41) is 11.9. The molecule has 0 radical (unpaired) electrons. The van der Waals surface area contributed by atoms with Gasteiger partial charge in [0.1, 0.15) is 6.04 Å². The van der Waals surface area contributed by atoms with Crippen molar-refractivity contribution < 1.29 is 14.7 Å². The van der Waals surface area contributed by atoms with Crippen molar-refractivity contribution in [1.29, 1.82) is 0 Å². The van der Waals surface area contributed by atoms with E-state index in [0.29, 0.717) is 23.6 Å². The van der Waals surface area contributed by atoms with Crippen LogP contribution in [0, 0.1) is 0 Å². The summed E-state index contributed by atoms with van der Waals surface area (Å²) in [4.78, 5) is 35.4. The molecule has 5 N–H and O–H groups in total. The van der Waals surface area contributed by atoms with Crippen LogP contribution in [0.1, 0.15) is 21.6 Å². The number of carbonyl (C=O) groups is 2. The summed E-state index contributed by atoms with van der Waals surface area (Å²) in [6.45, 7) is 0.609. The second kappa shape index (κ2) is 7.24. The van der Waals surface area contributed by atoms with Crippen LogP contribution in [0.4, 0.5) is 0 Å². The Labute approximate surface area is 160 Å². The van der Waals surface area contributed by atoms with E-state index >= 15 is 0 Å². The van der Waals surface area contributed by atoms with Crippen molar-refractivity contribution in [1.82, 2.24) is 20.3 Å². The molecule has 0 fully saturated rings. The highest BCUT2D eigenvalue weighted by molar-refractivity contribution is 5.97. The molecule has 28 heavy (non-hydrogen) atoms. The quantitative estimate of drug-likeness (QED) is 0.531. The number of hydrogen-bond donors (Lipinski definition) is 4. The number of carbonyl (C=O) groups excluding carboxylic acids is 1. The molecular weight excluding hydrogens is 358 g/mol. The van der Waals surface area contributed by atoms with Gasteiger partial charge >= 0.3 is 5.97 Å². The van der Waals surface area contributed by atoms with E-state index in [4.69, 9.17) is 10.8 Å². The molecule has 1 amide bonds. The number of nitrogens with two attached hydrogens (primary N) is 1. The lowest BCUT2D eigenvalue weighted by Crippen LogP contribution is -2.32. The molecule has 1 aliphatic rings. The predicted molar refractivity (Wildman–Crippen MR) is 103 cm³/mol. The molecule has 0 aliphatic carbocycles. The number of carboxylic acids is 1. The van der Waals surface area contributed by atoms with Crippen LogP contribution in [0.5, 0.6) is 0 Å². The Morgan fingerprint density at radius 3 is 2.86 bits per heavy atom. The van der Waals surface area contributed by atoms with Gasteiger partial charge in [-0.2, -0.15) is 0 Å². The molecule has 0 saturated heterocycles. The molecule has 0 bridgehead atoms. The number of nitrogens with zero attached hydrogens (tertiary/aromatic N) is 2. The molecule has 8 heteroatoms. The third kappa shape index (κ3) is 3.37. The molecule has 142 valence electrons.